The van der Waals surface area contributed by atoms with Gasteiger partial charge in [0.05, 0.1) is 32.8 Å². The summed E-state index contributed by atoms with van der Waals surface area (Å²) in [6, 6.07) is 7.91. The van der Waals surface area contributed by atoms with Gasteiger partial charge in [0.25, 0.3) is 0 Å². The average molecular weight is 264 g/mol. The van der Waals surface area contributed by atoms with E-state index in [9.17, 15) is 0 Å². The number of piperidine rings is 1. The molecule has 3 heteroatoms. The molecule has 0 radical (unpaired) electrons. The second-order valence-corrected chi connectivity index (χ2v) is 5.17. The van der Waals surface area contributed by atoms with Crippen LogP contribution < -0.4 is 14.4 Å². The Labute approximate surface area is 116 Å². The third-order valence-corrected chi connectivity index (χ3v) is 3.62. The first-order valence-electron chi connectivity index (χ1n) is 7.57. The standard InChI is InChI=1S/C16H25NO2/c1-2-18-15-8-6-9-16(14-15)19-13-7-12-17-10-4-3-5-11-17/h6,8-9,14H,2-5,7,10-13H2,1H3/p+1. The molecule has 0 atom stereocenters. The molecule has 0 saturated carbocycles. The zero-order chi connectivity index (χ0) is 13.3. The van der Waals surface area contributed by atoms with Crippen molar-refractivity contribution in [3.05, 3.63) is 24.3 Å². The minimum absolute atomic E-state index is 0.696. The molecule has 0 aromatic heterocycles. The number of hydrogen-bond acceptors (Lipinski definition) is 2. The lowest BCUT2D eigenvalue weighted by Crippen LogP contribution is -3.12. The van der Waals surface area contributed by atoms with Gasteiger partial charge in [-0.2, -0.15) is 0 Å². The van der Waals surface area contributed by atoms with Gasteiger partial charge in [-0.1, -0.05) is 6.07 Å². The predicted molar refractivity (Wildman–Crippen MR) is 77.1 cm³/mol. The Morgan fingerprint density at radius 3 is 2.53 bits per heavy atom. The number of quaternary nitrogens is 1. The van der Waals surface area contributed by atoms with Crippen LogP contribution >= 0.6 is 0 Å². The first-order chi connectivity index (χ1) is 9.38. The van der Waals surface area contributed by atoms with E-state index in [4.69, 9.17) is 9.47 Å². The first kappa shape index (κ1) is 14.2. The summed E-state index contributed by atoms with van der Waals surface area (Å²) in [7, 11) is 0. The van der Waals surface area contributed by atoms with Crippen LogP contribution in [0, 0.1) is 0 Å². The number of rotatable bonds is 7. The van der Waals surface area contributed by atoms with Crippen LogP contribution in [-0.4, -0.2) is 32.8 Å². The Bertz CT molecular complexity index is 362. The van der Waals surface area contributed by atoms with Crippen LogP contribution in [0.4, 0.5) is 0 Å². The minimum Gasteiger partial charge on any atom is -0.494 e. The summed E-state index contributed by atoms with van der Waals surface area (Å²) >= 11 is 0. The Kier molecular flexibility index (Phi) is 6.02. The molecule has 0 aliphatic carbocycles. The number of benzene rings is 1. The molecule has 106 valence electrons. The highest BCUT2D eigenvalue weighted by molar-refractivity contribution is 5.32. The number of nitrogens with one attached hydrogen (secondary N) is 1. The SMILES string of the molecule is CCOc1cccc(OCCC[NH+]2CCCCC2)c1. The number of likely N-dealkylation sites (tertiary alicyclic amines) is 1. The lowest BCUT2D eigenvalue weighted by Gasteiger charge is -2.23. The summed E-state index contributed by atoms with van der Waals surface area (Å²) in [5.41, 5.74) is 0. The van der Waals surface area contributed by atoms with Crippen LogP contribution in [0.1, 0.15) is 32.6 Å². The van der Waals surface area contributed by atoms with Crippen molar-refractivity contribution in [3.63, 3.8) is 0 Å². The van der Waals surface area contributed by atoms with Gasteiger partial charge in [-0.25, -0.2) is 0 Å². The van der Waals surface area contributed by atoms with Gasteiger partial charge in [0, 0.05) is 12.5 Å². The van der Waals surface area contributed by atoms with Crippen molar-refractivity contribution in [1.29, 1.82) is 0 Å². The van der Waals surface area contributed by atoms with Crippen molar-refractivity contribution < 1.29 is 14.4 Å². The summed E-state index contributed by atoms with van der Waals surface area (Å²) in [6.07, 6.45) is 5.34. The summed E-state index contributed by atoms with van der Waals surface area (Å²) in [5.74, 6) is 1.81. The van der Waals surface area contributed by atoms with Crippen molar-refractivity contribution in [2.24, 2.45) is 0 Å². The third-order valence-electron chi connectivity index (χ3n) is 3.62. The maximum absolute atomic E-state index is 5.79. The zero-order valence-corrected chi connectivity index (χ0v) is 12.0. The van der Waals surface area contributed by atoms with Gasteiger partial charge in [0.15, 0.2) is 0 Å². The van der Waals surface area contributed by atoms with Crippen LogP contribution in [0.3, 0.4) is 0 Å². The molecule has 0 unspecified atom stereocenters. The number of hydrogen-bond donors (Lipinski definition) is 1. The molecule has 0 bridgehead atoms. The van der Waals surface area contributed by atoms with E-state index in [0.717, 1.165) is 24.5 Å². The Morgan fingerprint density at radius 2 is 1.79 bits per heavy atom. The molecule has 2 rings (SSSR count). The molecule has 19 heavy (non-hydrogen) atoms. The largest absolute Gasteiger partial charge is 0.494 e. The Balaban J connectivity index is 1.65. The molecular formula is C16H26NO2+. The smallest absolute Gasteiger partial charge is 0.122 e. The number of ether oxygens (including phenoxy) is 2. The van der Waals surface area contributed by atoms with Gasteiger partial charge in [-0.15, -0.1) is 0 Å². The topological polar surface area (TPSA) is 22.9 Å². The van der Waals surface area contributed by atoms with Gasteiger partial charge >= 0.3 is 0 Å². The highest BCUT2D eigenvalue weighted by Crippen LogP contribution is 2.19. The highest BCUT2D eigenvalue weighted by atomic mass is 16.5. The lowest BCUT2D eigenvalue weighted by molar-refractivity contribution is -0.905. The molecule has 1 aliphatic heterocycles. The van der Waals surface area contributed by atoms with E-state index in [1.807, 2.05) is 31.2 Å². The van der Waals surface area contributed by atoms with Crippen molar-refractivity contribution in [3.8, 4) is 11.5 Å². The van der Waals surface area contributed by atoms with E-state index in [2.05, 4.69) is 0 Å². The molecule has 1 aliphatic rings. The van der Waals surface area contributed by atoms with Crippen LogP contribution in [0.2, 0.25) is 0 Å². The van der Waals surface area contributed by atoms with E-state index in [-0.39, 0.29) is 0 Å². The van der Waals surface area contributed by atoms with E-state index in [1.54, 1.807) is 4.90 Å². The van der Waals surface area contributed by atoms with Gasteiger partial charge in [-0.05, 0) is 38.3 Å². The Hall–Kier alpha value is -1.22. The summed E-state index contributed by atoms with van der Waals surface area (Å²) in [6.45, 7) is 7.43. The molecule has 1 saturated heterocycles. The monoisotopic (exact) mass is 264 g/mol. The third kappa shape index (κ3) is 5.11. The maximum atomic E-state index is 5.79. The average Bonchev–Trinajstić information content (AvgIpc) is 2.46. The lowest BCUT2D eigenvalue weighted by atomic mass is 10.1. The van der Waals surface area contributed by atoms with Crippen LogP contribution in [0.15, 0.2) is 24.3 Å². The second kappa shape index (κ2) is 8.05. The molecule has 0 spiro atoms. The molecule has 1 heterocycles. The fourth-order valence-electron chi connectivity index (χ4n) is 2.63. The van der Waals surface area contributed by atoms with Gasteiger partial charge in [-0.3, -0.25) is 0 Å². The fraction of sp³-hybridized carbons (Fsp3) is 0.625. The van der Waals surface area contributed by atoms with E-state index in [0.29, 0.717) is 6.61 Å². The van der Waals surface area contributed by atoms with Gasteiger partial charge in [0.2, 0.25) is 0 Å². The van der Waals surface area contributed by atoms with E-state index < -0.39 is 0 Å². The van der Waals surface area contributed by atoms with E-state index >= 15 is 0 Å². The van der Waals surface area contributed by atoms with Crippen LogP contribution in [0.5, 0.6) is 11.5 Å². The highest BCUT2D eigenvalue weighted by Gasteiger charge is 2.12. The van der Waals surface area contributed by atoms with Crippen molar-refractivity contribution in [2.75, 3.05) is 32.8 Å². The molecule has 1 fully saturated rings. The minimum atomic E-state index is 0.696. The molecule has 1 N–H and O–H groups in total. The molecule has 0 amide bonds. The predicted octanol–water partition coefficient (Wildman–Crippen LogP) is 1.92. The van der Waals surface area contributed by atoms with Crippen LogP contribution in [-0.2, 0) is 0 Å². The summed E-state index contributed by atoms with van der Waals surface area (Å²) in [4.78, 5) is 1.75. The molecule has 1 aromatic rings. The zero-order valence-electron chi connectivity index (χ0n) is 12.0. The van der Waals surface area contributed by atoms with E-state index in [1.165, 1.54) is 38.9 Å². The molecular weight excluding hydrogens is 238 g/mol. The summed E-state index contributed by atoms with van der Waals surface area (Å²) in [5, 5.41) is 0. The van der Waals surface area contributed by atoms with Crippen molar-refractivity contribution >= 4 is 0 Å². The normalized spacial score (nSPS) is 16.3. The molecule has 1 aromatic carbocycles. The van der Waals surface area contributed by atoms with Crippen LogP contribution in [0.25, 0.3) is 0 Å². The van der Waals surface area contributed by atoms with Crippen molar-refractivity contribution in [1.82, 2.24) is 0 Å². The van der Waals surface area contributed by atoms with Gasteiger partial charge in [0.1, 0.15) is 11.5 Å². The Morgan fingerprint density at radius 1 is 1.05 bits per heavy atom. The second-order valence-electron chi connectivity index (χ2n) is 5.17. The first-order valence-corrected chi connectivity index (χ1v) is 7.57. The maximum Gasteiger partial charge on any atom is 0.122 e. The quantitative estimate of drug-likeness (QED) is 0.760. The van der Waals surface area contributed by atoms with Crippen molar-refractivity contribution in [2.45, 2.75) is 32.6 Å². The molecule has 3 nitrogen and oxygen atoms in total. The summed E-state index contributed by atoms with van der Waals surface area (Å²) < 4.78 is 11.3. The van der Waals surface area contributed by atoms with Gasteiger partial charge < -0.3 is 14.4 Å². The fourth-order valence-corrected chi connectivity index (χ4v) is 2.63.